The van der Waals surface area contributed by atoms with Crippen LogP contribution in [-0.2, 0) is 6.42 Å². The summed E-state index contributed by atoms with van der Waals surface area (Å²) in [6, 6.07) is 12.8. The van der Waals surface area contributed by atoms with Crippen LogP contribution in [0.3, 0.4) is 0 Å². The maximum Gasteiger partial charge on any atom is 0.123 e. The summed E-state index contributed by atoms with van der Waals surface area (Å²) in [6.45, 7) is 2.01. The van der Waals surface area contributed by atoms with Crippen molar-refractivity contribution >= 4 is 10.9 Å². The van der Waals surface area contributed by atoms with Gasteiger partial charge in [-0.25, -0.2) is 4.39 Å². The lowest BCUT2D eigenvalue weighted by molar-refractivity contribution is 0.628. The highest BCUT2D eigenvalue weighted by molar-refractivity contribution is 5.94. The van der Waals surface area contributed by atoms with Crippen molar-refractivity contribution in [3.63, 3.8) is 0 Å². The number of hydrogen-bond donors (Lipinski definition) is 2. The van der Waals surface area contributed by atoms with Gasteiger partial charge in [-0.1, -0.05) is 18.2 Å². The van der Waals surface area contributed by atoms with E-state index in [0.29, 0.717) is 0 Å². The number of benzene rings is 2. The highest BCUT2D eigenvalue weighted by atomic mass is 19.1. The first-order chi connectivity index (χ1) is 10.1. The predicted molar refractivity (Wildman–Crippen MR) is 83.5 cm³/mol. The Morgan fingerprint density at radius 1 is 1.19 bits per heavy atom. The van der Waals surface area contributed by atoms with Crippen LogP contribution in [0.15, 0.2) is 42.5 Å². The molecule has 108 valence electrons. The van der Waals surface area contributed by atoms with Crippen LogP contribution in [0.4, 0.5) is 4.39 Å². The van der Waals surface area contributed by atoms with Gasteiger partial charge in [0.05, 0.1) is 11.2 Å². The smallest absolute Gasteiger partial charge is 0.123 e. The first-order valence-corrected chi connectivity index (χ1v) is 7.12. The van der Waals surface area contributed by atoms with Gasteiger partial charge in [-0.05, 0) is 49.6 Å². The van der Waals surface area contributed by atoms with E-state index in [1.54, 1.807) is 12.1 Å². The standard InChI is InChI=1S/C17H18FN3/c1-11(19)5-6-12-3-2-4-15-16(12)20-21-17(15)13-7-9-14(18)10-8-13/h2-4,7-11H,5-6,19H2,1H3,(H,20,21)/t11-/m0/s1. The number of fused-ring (bicyclic) bond motifs is 1. The first kappa shape index (κ1) is 13.8. The van der Waals surface area contributed by atoms with Crippen molar-refractivity contribution in [2.75, 3.05) is 0 Å². The van der Waals surface area contributed by atoms with E-state index in [0.717, 1.165) is 35.0 Å². The Kier molecular flexibility index (Phi) is 3.71. The largest absolute Gasteiger partial charge is 0.328 e. The van der Waals surface area contributed by atoms with Gasteiger partial charge < -0.3 is 5.73 Å². The maximum absolute atomic E-state index is 13.0. The van der Waals surface area contributed by atoms with Crippen LogP contribution in [0.5, 0.6) is 0 Å². The normalized spacial score (nSPS) is 12.7. The first-order valence-electron chi connectivity index (χ1n) is 7.12. The average molecular weight is 283 g/mol. The fourth-order valence-corrected chi connectivity index (χ4v) is 2.52. The molecule has 0 saturated carbocycles. The van der Waals surface area contributed by atoms with Crippen LogP contribution in [0.1, 0.15) is 18.9 Å². The summed E-state index contributed by atoms with van der Waals surface area (Å²) in [4.78, 5) is 0. The van der Waals surface area contributed by atoms with Gasteiger partial charge in [-0.15, -0.1) is 0 Å². The van der Waals surface area contributed by atoms with E-state index in [9.17, 15) is 4.39 Å². The molecule has 0 saturated heterocycles. The quantitative estimate of drug-likeness (QED) is 0.768. The second-order valence-electron chi connectivity index (χ2n) is 5.43. The zero-order valence-corrected chi connectivity index (χ0v) is 11.9. The Bertz CT molecular complexity index is 744. The highest BCUT2D eigenvalue weighted by Gasteiger charge is 2.11. The summed E-state index contributed by atoms with van der Waals surface area (Å²) in [5.74, 6) is -0.236. The van der Waals surface area contributed by atoms with E-state index in [2.05, 4.69) is 16.3 Å². The lowest BCUT2D eigenvalue weighted by Gasteiger charge is -2.05. The molecular formula is C17H18FN3. The third-order valence-corrected chi connectivity index (χ3v) is 3.67. The molecular weight excluding hydrogens is 265 g/mol. The van der Waals surface area contributed by atoms with Gasteiger partial charge in [0, 0.05) is 17.0 Å². The number of H-pyrrole nitrogens is 1. The molecule has 1 aromatic heterocycles. The minimum Gasteiger partial charge on any atom is -0.328 e. The van der Waals surface area contributed by atoms with E-state index in [-0.39, 0.29) is 11.9 Å². The molecule has 1 atom stereocenters. The number of aromatic nitrogens is 2. The Labute approximate surface area is 123 Å². The monoisotopic (exact) mass is 283 g/mol. The van der Waals surface area contributed by atoms with Crippen molar-refractivity contribution in [1.82, 2.24) is 10.2 Å². The van der Waals surface area contributed by atoms with E-state index in [4.69, 9.17) is 5.73 Å². The van der Waals surface area contributed by atoms with Gasteiger partial charge in [0.1, 0.15) is 5.82 Å². The minimum absolute atomic E-state index is 0.177. The van der Waals surface area contributed by atoms with Gasteiger partial charge in [0.25, 0.3) is 0 Å². The zero-order chi connectivity index (χ0) is 14.8. The predicted octanol–water partition coefficient (Wildman–Crippen LogP) is 3.65. The number of halogens is 1. The molecule has 3 N–H and O–H groups in total. The van der Waals surface area contributed by atoms with Crippen molar-refractivity contribution in [2.45, 2.75) is 25.8 Å². The summed E-state index contributed by atoms with van der Waals surface area (Å²) in [7, 11) is 0. The van der Waals surface area contributed by atoms with Crippen molar-refractivity contribution < 1.29 is 4.39 Å². The molecule has 0 spiro atoms. The molecule has 0 bridgehead atoms. The molecule has 0 aliphatic rings. The van der Waals surface area contributed by atoms with Crippen LogP contribution < -0.4 is 5.73 Å². The number of aryl methyl sites for hydroxylation is 1. The SMILES string of the molecule is C[C@H](N)CCc1cccc2c(-c3ccc(F)cc3)[nH]nc12. The molecule has 0 fully saturated rings. The molecule has 3 nitrogen and oxygen atoms in total. The highest BCUT2D eigenvalue weighted by Crippen LogP contribution is 2.28. The van der Waals surface area contributed by atoms with Crippen LogP contribution in [-0.4, -0.2) is 16.2 Å². The van der Waals surface area contributed by atoms with Crippen LogP contribution >= 0.6 is 0 Å². The second kappa shape index (κ2) is 5.66. The summed E-state index contributed by atoms with van der Waals surface area (Å²) < 4.78 is 13.0. The number of nitrogens with zero attached hydrogens (tertiary/aromatic N) is 1. The van der Waals surface area contributed by atoms with Gasteiger partial charge in [-0.2, -0.15) is 5.10 Å². The number of rotatable bonds is 4. The number of aromatic amines is 1. The third-order valence-electron chi connectivity index (χ3n) is 3.67. The number of nitrogens with one attached hydrogen (secondary N) is 1. The summed E-state index contributed by atoms with van der Waals surface area (Å²) in [5.41, 5.74) is 9.85. The zero-order valence-electron chi connectivity index (χ0n) is 11.9. The molecule has 3 rings (SSSR count). The Hall–Kier alpha value is -2.20. The number of para-hydroxylation sites is 1. The molecule has 4 heteroatoms. The fraction of sp³-hybridized carbons (Fsp3) is 0.235. The van der Waals surface area contributed by atoms with Gasteiger partial charge in [0.2, 0.25) is 0 Å². The van der Waals surface area contributed by atoms with Crippen molar-refractivity contribution in [1.29, 1.82) is 0 Å². The van der Waals surface area contributed by atoms with Crippen LogP contribution in [0.25, 0.3) is 22.2 Å². The second-order valence-corrected chi connectivity index (χ2v) is 5.43. The molecule has 2 aromatic carbocycles. The van der Waals surface area contributed by atoms with Crippen molar-refractivity contribution in [3.05, 3.63) is 53.8 Å². The van der Waals surface area contributed by atoms with E-state index >= 15 is 0 Å². The Morgan fingerprint density at radius 3 is 2.67 bits per heavy atom. The van der Waals surface area contributed by atoms with E-state index < -0.39 is 0 Å². The molecule has 0 amide bonds. The van der Waals surface area contributed by atoms with Crippen molar-refractivity contribution in [2.24, 2.45) is 5.73 Å². The topological polar surface area (TPSA) is 54.7 Å². The van der Waals surface area contributed by atoms with Gasteiger partial charge in [0.15, 0.2) is 0 Å². The molecule has 21 heavy (non-hydrogen) atoms. The number of hydrogen-bond acceptors (Lipinski definition) is 2. The summed E-state index contributed by atoms with van der Waals surface area (Å²) in [5, 5.41) is 8.57. The van der Waals surface area contributed by atoms with E-state index in [1.807, 2.05) is 19.1 Å². The Morgan fingerprint density at radius 2 is 1.95 bits per heavy atom. The molecule has 1 heterocycles. The maximum atomic E-state index is 13.0. The summed E-state index contributed by atoms with van der Waals surface area (Å²) >= 11 is 0. The van der Waals surface area contributed by atoms with Gasteiger partial charge >= 0.3 is 0 Å². The van der Waals surface area contributed by atoms with Crippen LogP contribution in [0, 0.1) is 5.82 Å². The molecule has 0 unspecified atom stereocenters. The fourth-order valence-electron chi connectivity index (χ4n) is 2.52. The van der Waals surface area contributed by atoms with E-state index in [1.165, 1.54) is 17.7 Å². The average Bonchev–Trinajstić information content (AvgIpc) is 2.90. The van der Waals surface area contributed by atoms with Crippen molar-refractivity contribution in [3.8, 4) is 11.3 Å². The molecule has 3 aromatic rings. The molecule has 0 aliphatic heterocycles. The lowest BCUT2D eigenvalue weighted by atomic mass is 10.0. The van der Waals surface area contributed by atoms with Crippen LogP contribution in [0.2, 0.25) is 0 Å². The number of nitrogens with two attached hydrogens (primary N) is 1. The molecule has 0 aliphatic carbocycles. The Balaban J connectivity index is 2.02. The minimum atomic E-state index is -0.236. The molecule has 0 radical (unpaired) electrons. The lowest BCUT2D eigenvalue weighted by Crippen LogP contribution is -2.15. The van der Waals surface area contributed by atoms with Gasteiger partial charge in [-0.3, -0.25) is 5.10 Å². The third kappa shape index (κ3) is 2.81. The summed E-state index contributed by atoms with van der Waals surface area (Å²) in [6.07, 6.45) is 1.83.